The molecule has 230 valence electrons. The minimum atomic E-state index is -0.968. The van der Waals surface area contributed by atoms with Crippen LogP contribution in [0.1, 0.15) is 33.4 Å². The summed E-state index contributed by atoms with van der Waals surface area (Å²) in [5.74, 6) is 0. The van der Waals surface area contributed by atoms with Crippen molar-refractivity contribution in [3.05, 3.63) is 179 Å². The summed E-state index contributed by atoms with van der Waals surface area (Å²) in [4.78, 5) is 0. The van der Waals surface area contributed by atoms with Gasteiger partial charge in [0, 0.05) is 20.4 Å². The van der Waals surface area contributed by atoms with Crippen molar-refractivity contribution in [3.63, 3.8) is 0 Å². The predicted molar refractivity (Wildman–Crippen MR) is 202 cm³/mol. The molecule has 6 aromatic carbocycles. The molecule has 0 unspecified atom stereocenters. The Bertz CT molecular complexity index is 1510. The van der Waals surface area contributed by atoms with Crippen LogP contribution in [0.3, 0.4) is 0 Å². The average molecular weight is 717 g/mol. The summed E-state index contributed by atoms with van der Waals surface area (Å²) in [6.07, 6.45) is 0. The summed E-state index contributed by atoms with van der Waals surface area (Å²) in [6, 6.07) is 53.1. The van der Waals surface area contributed by atoms with Crippen LogP contribution in [0.15, 0.2) is 146 Å². The maximum Gasteiger partial charge on any atom is 0.105 e. The van der Waals surface area contributed by atoms with E-state index < -0.39 is 15.8 Å². The van der Waals surface area contributed by atoms with Crippen LogP contribution in [0.2, 0.25) is 0 Å². The van der Waals surface area contributed by atoms with E-state index in [9.17, 15) is 0 Å². The van der Waals surface area contributed by atoms with Crippen LogP contribution < -0.4 is 31.8 Å². The first-order valence-electron chi connectivity index (χ1n) is 15.5. The molecule has 0 aliphatic carbocycles. The fraction of sp³-hybridized carbons (Fsp3) is 0.143. The Morgan fingerprint density at radius 1 is 0.244 bits per heavy atom. The number of aryl methyl sites for hydroxylation is 6. The second-order valence-corrected chi connectivity index (χ2v) is 16.4. The van der Waals surface area contributed by atoms with E-state index in [1.54, 1.807) is 0 Å². The smallest absolute Gasteiger partial charge is 0.0617 e. The fourth-order valence-corrected chi connectivity index (χ4v) is 12.2. The van der Waals surface area contributed by atoms with Gasteiger partial charge in [-0.3, -0.25) is 0 Å². The van der Waals surface area contributed by atoms with Crippen LogP contribution in [0.4, 0.5) is 0 Å². The molecule has 0 nitrogen and oxygen atoms in total. The summed E-state index contributed by atoms with van der Waals surface area (Å²) in [5.41, 5.74) is 8.35. The van der Waals surface area contributed by atoms with E-state index in [1.165, 1.54) is 65.2 Å². The zero-order valence-electron chi connectivity index (χ0n) is 27.2. The average Bonchev–Trinajstić information content (AvgIpc) is 3.03. The zero-order valence-corrected chi connectivity index (χ0v) is 30.7. The Hall–Kier alpha value is -3.16. The first-order valence-corrected chi connectivity index (χ1v) is 18.5. The maximum atomic E-state index is 2.31. The van der Waals surface area contributed by atoms with Crippen LogP contribution in [-0.2, 0) is 20.4 Å². The summed E-state index contributed by atoms with van der Waals surface area (Å²) >= 11 is 0. The normalized spacial score (nSPS) is 10.7. The molecule has 0 aliphatic rings. The van der Waals surface area contributed by atoms with Crippen molar-refractivity contribution in [1.82, 2.24) is 0 Å². The molecule has 0 saturated carbocycles. The van der Waals surface area contributed by atoms with Gasteiger partial charge in [-0.2, -0.15) is 0 Å². The van der Waals surface area contributed by atoms with Crippen molar-refractivity contribution in [1.29, 1.82) is 0 Å². The van der Waals surface area contributed by atoms with Crippen LogP contribution in [0.5, 0.6) is 0 Å². The molecule has 0 saturated heterocycles. The maximum absolute atomic E-state index is 2.31. The summed E-state index contributed by atoms with van der Waals surface area (Å²) in [5, 5.41) is 8.98. The minimum Gasteiger partial charge on any atom is -0.0617 e. The molecular weight excluding hydrogens is 673 g/mol. The van der Waals surface area contributed by atoms with E-state index in [1.807, 2.05) is 0 Å². The van der Waals surface area contributed by atoms with Gasteiger partial charge >= 0.3 is 0 Å². The van der Waals surface area contributed by atoms with E-state index in [-0.39, 0.29) is 20.4 Å². The van der Waals surface area contributed by atoms with Gasteiger partial charge in [-0.05, 0) is 111 Å². The van der Waals surface area contributed by atoms with E-state index in [0.29, 0.717) is 0 Å². The van der Waals surface area contributed by atoms with Gasteiger partial charge < -0.3 is 0 Å². The summed E-state index contributed by atoms with van der Waals surface area (Å²) in [7, 11) is -1.94. The topological polar surface area (TPSA) is 0 Å². The molecule has 0 atom stereocenters. The molecule has 6 rings (SSSR count). The van der Waals surface area contributed by atoms with Gasteiger partial charge in [0.1, 0.15) is 31.8 Å². The third-order valence-corrected chi connectivity index (χ3v) is 15.1. The van der Waals surface area contributed by atoms with E-state index in [0.717, 1.165) is 0 Å². The first kappa shape index (κ1) is 34.7. The van der Waals surface area contributed by atoms with Gasteiger partial charge in [0.15, 0.2) is 0 Å². The minimum absolute atomic E-state index is 0. The van der Waals surface area contributed by atoms with Gasteiger partial charge in [-0.1, -0.05) is 109 Å². The Morgan fingerprint density at radius 2 is 0.378 bits per heavy atom. The van der Waals surface area contributed by atoms with Crippen LogP contribution in [-0.4, -0.2) is 0 Å². The third kappa shape index (κ3) is 8.17. The van der Waals surface area contributed by atoms with Crippen molar-refractivity contribution in [2.75, 3.05) is 0 Å². The Labute approximate surface area is 287 Å². The van der Waals surface area contributed by atoms with Crippen molar-refractivity contribution < 1.29 is 20.4 Å². The summed E-state index contributed by atoms with van der Waals surface area (Å²) < 4.78 is 0. The molecule has 3 heteroatoms. The molecule has 0 heterocycles. The predicted octanol–water partition coefficient (Wildman–Crippen LogP) is 8.20. The molecule has 0 aromatic heterocycles. The van der Waals surface area contributed by atoms with Crippen molar-refractivity contribution in [2.24, 2.45) is 0 Å². The van der Waals surface area contributed by atoms with Crippen LogP contribution >= 0.6 is 15.8 Å². The Balaban J connectivity index is 0.000000200. The van der Waals surface area contributed by atoms with Crippen LogP contribution in [0.25, 0.3) is 0 Å². The molecule has 0 amide bonds. The molecular formula is C42H44P2Pd+2. The number of hydrogen-bond acceptors (Lipinski definition) is 0. The number of benzene rings is 6. The summed E-state index contributed by atoms with van der Waals surface area (Å²) in [6.45, 7) is 13.4. The van der Waals surface area contributed by atoms with Gasteiger partial charge in [-0.25, -0.2) is 0 Å². The van der Waals surface area contributed by atoms with Crippen molar-refractivity contribution in [2.45, 2.75) is 41.5 Å². The molecule has 0 fully saturated rings. The SMILES string of the molecule is Cc1ccccc1[PH+](c1ccccc1C)c1ccccc1C.Cc1ccccc1[PH+](c1ccccc1C)c1ccccc1C.[Pd]. The molecule has 0 spiro atoms. The molecule has 0 radical (unpaired) electrons. The second-order valence-electron chi connectivity index (χ2n) is 11.6. The molecule has 45 heavy (non-hydrogen) atoms. The van der Waals surface area contributed by atoms with Gasteiger partial charge in [0.2, 0.25) is 0 Å². The van der Waals surface area contributed by atoms with Crippen molar-refractivity contribution in [3.8, 4) is 0 Å². The van der Waals surface area contributed by atoms with Crippen LogP contribution in [0, 0.1) is 41.5 Å². The number of hydrogen-bond donors (Lipinski definition) is 0. The van der Waals surface area contributed by atoms with E-state index in [2.05, 4.69) is 187 Å². The monoisotopic (exact) mass is 716 g/mol. The van der Waals surface area contributed by atoms with Gasteiger partial charge in [-0.15, -0.1) is 0 Å². The van der Waals surface area contributed by atoms with Gasteiger partial charge in [0.05, 0.1) is 15.8 Å². The molecule has 6 aromatic rings. The molecule has 0 aliphatic heterocycles. The Morgan fingerprint density at radius 3 is 0.511 bits per heavy atom. The van der Waals surface area contributed by atoms with Gasteiger partial charge in [0.25, 0.3) is 0 Å². The first-order chi connectivity index (χ1) is 21.4. The molecule has 0 N–H and O–H groups in total. The zero-order chi connectivity index (χ0) is 31.1. The molecule has 0 bridgehead atoms. The third-order valence-electron chi connectivity index (χ3n) is 8.49. The van der Waals surface area contributed by atoms with E-state index >= 15 is 0 Å². The van der Waals surface area contributed by atoms with E-state index in [4.69, 9.17) is 0 Å². The van der Waals surface area contributed by atoms with Crippen molar-refractivity contribution >= 4 is 47.7 Å². The Kier molecular flexibility index (Phi) is 12.7. The quantitative estimate of drug-likeness (QED) is 0.121. The standard InChI is InChI=1S/2C21H21P.Pd/c2*1-16-10-4-7-13-19(16)22(20-14-8-5-11-17(20)2)21-15-9-6-12-18(21)3;/h2*4-15H,1-3H3;/p+2. The largest absolute Gasteiger partial charge is 0.105 e. The number of rotatable bonds is 6. The fourth-order valence-electron chi connectivity index (χ4n) is 5.99. The second kappa shape index (κ2) is 16.4.